The zero-order valence-corrected chi connectivity index (χ0v) is 18.3. The number of rotatable bonds is 7. The van der Waals surface area contributed by atoms with Crippen molar-refractivity contribution < 1.29 is 27.8 Å². The first-order valence-corrected chi connectivity index (χ1v) is 10.7. The van der Waals surface area contributed by atoms with Gasteiger partial charge in [-0.2, -0.15) is 13.2 Å². The lowest BCUT2D eigenvalue weighted by Gasteiger charge is -2.33. The lowest BCUT2D eigenvalue weighted by molar-refractivity contribution is -0.190. The molecule has 3 heterocycles. The van der Waals surface area contributed by atoms with E-state index in [1.165, 1.54) is 10.7 Å². The van der Waals surface area contributed by atoms with Gasteiger partial charge in [-0.05, 0) is 57.6 Å². The van der Waals surface area contributed by atoms with Crippen LogP contribution in [0.3, 0.4) is 0 Å². The molecule has 0 spiro atoms. The van der Waals surface area contributed by atoms with Gasteiger partial charge in [0.15, 0.2) is 5.82 Å². The number of aromatic carboxylic acids is 1. The molecule has 174 valence electrons. The van der Waals surface area contributed by atoms with Gasteiger partial charge in [0.25, 0.3) is 0 Å². The molecule has 10 heteroatoms. The Morgan fingerprint density at radius 3 is 2.56 bits per heavy atom. The van der Waals surface area contributed by atoms with Gasteiger partial charge in [0, 0.05) is 24.3 Å². The van der Waals surface area contributed by atoms with E-state index in [0.29, 0.717) is 24.1 Å². The summed E-state index contributed by atoms with van der Waals surface area (Å²) in [6.07, 6.45) is -1.51. The van der Waals surface area contributed by atoms with Crippen molar-refractivity contribution in [3.63, 3.8) is 0 Å². The summed E-state index contributed by atoms with van der Waals surface area (Å²) in [4.78, 5) is 18.4. The number of carboxylic acids is 1. The molecule has 2 aliphatic rings. The van der Waals surface area contributed by atoms with Gasteiger partial charge >= 0.3 is 12.1 Å². The summed E-state index contributed by atoms with van der Waals surface area (Å²) in [6.45, 7) is 6.85. The predicted molar refractivity (Wildman–Crippen MR) is 111 cm³/mol. The molecule has 0 radical (unpaired) electrons. The van der Waals surface area contributed by atoms with Crippen LogP contribution in [0.25, 0.3) is 5.82 Å². The van der Waals surface area contributed by atoms with Crippen molar-refractivity contribution in [1.82, 2.24) is 14.8 Å². The Hall–Kier alpha value is -2.78. The van der Waals surface area contributed by atoms with Gasteiger partial charge in [-0.3, -0.25) is 0 Å². The number of ether oxygens (including phenoxy) is 1. The topological polar surface area (TPSA) is 80.5 Å². The lowest BCUT2D eigenvalue weighted by Crippen LogP contribution is -2.39. The summed E-state index contributed by atoms with van der Waals surface area (Å²) in [5, 5.41) is 13.9. The van der Waals surface area contributed by atoms with E-state index in [1.807, 2.05) is 4.90 Å². The highest BCUT2D eigenvalue weighted by atomic mass is 19.4. The third kappa shape index (κ3) is 4.14. The average molecular weight is 452 g/mol. The van der Waals surface area contributed by atoms with Gasteiger partial charge in [-0.25, -0.2) is 14.5 Å². The zero-order valence-electron chi connectivity index (χ0n) is 18.3. The van der Waals surface area contributed by atoms with E-state index in [1.54, 1.807) is 18.3 Å². The second kappa shape index (κ2) is 7.67. The Kier molecular flexibility index (Phi) is 5.37. The summed E-state index contributed by atoms with van der Waals surface area (Å²) < 4.78 is 46.0. The van der Waals surface area contributed by atoms with Crippen LogP contribution in [0.2, 0.25) is 0 Å². The van der Waals surface area contributed by atoms with Gasteiger partial charge in [-0.15, -0.1) is 5.10 Å². The summed E-state index contributed by atoms with van der Waals surface area (Å²) in [5.74, 6) is 0.321. The van der Waals surface area contributed by atoms with Gasteiger partial charge in [-0.1, -0.05) is 6.92 Å². The SMILES string of the molecule is C[C@@H]1CN(c2nc(-n3ccc(OCCC4(C(F)(F)F)CC4)n3)ccc2C(=O)O)C(C)(C)C1. The van der Waals surface area contributed by atoms with E-state index in [4.69, 9.17) is 4.74 Å². The number of halogens is 3. The molecular formula is C22H27F3N4O3. The highest BCUT2D eigenvalue weighted by Crippen LogP contribution is 2.59. The standard InChI is InChI=1S/C22H27F3N4O3/c1-14-12-20(2,3)28(13-14)18-15(19(30)31)4-5-16(26-18)29-10-6-17(27-29)32-11-9-21(7-8-21)22(23,24)25/h4-6,10,14H,7-9,11-13H2,1-3H3,(H,30,31)/t14-/m0/s1. The van der Waals surface area contributed by atoms with Crippen molar-refractivity contribution in [1.29, 1.82) is 0 Å². The van der Waals surface area contributed by atoms with Crippen molar-refractivity contribution in [3.8, 4) is 11.7 Å². The Bertz CT molecular complexity index is 1010. The van der Waals surface area contributed by atoms with Crippen LogP contribution in [-0.4, -0.2) is 50.7 Å². The first-order chi connectivity index (χ1) is 14.9. The minimum absolute atomic E-state index is 0.0764. The van der Waals surface area contributed by atoms with Crippen LogP contribution < -0.4 is 9.64 Å². The monoisotopic (exact) mass is 452 g/mol. The predicted octanol–water partition coefficient (Wildman–Crippen LogP) is 4.70. The normalized spacial score (nSPS) is 21.6. The van der Waals surface area contributed by atoms with Crippen LogP contribution in [0.15, 0.2) is 24.4 Å². The van der Waals surface area contributed by atoms with Gasteiger partial charge in [0.1, 0.15) is 11.4 Å². The fraction of sp³-hybridized carbons (Fsp3) is 0.591. The van der Waals surface area contributed by atoms with E-state index in [9.17, 15) is 23.1 Å². The van der Waals surface area contributed by atoms with Gasteiger partial charge in [0.2, 0.25) is 5.88 Å². The van der Waals surface area contributed by atoms with Crippen molar-refractivity contribution in [3.05, 3.63) is 30.0 Å². The van der Waals surface area contributed by atoms with Crippen molar-refractivity contribution in [2.24, 2.45) is 11.3 Å². The fourth-order valence-corrected chi connectivity index (χ4v) is 4.59. The number of hydrogen-bond acceptors (Lipinski definition) is 5. The molecule has 2 aromatic rings. The maximum absolute atomic E-state index is 13.1. The molecule has 2 aromatic heterocycles. The van der Waals surface area contributed by atoms with Gasteiger partial charge < -0.3 is 14.7 Å². The first kappa shape index (κ1) is 22.4. The molecule has 1 aliphatic heterocycles. The second-order valence-corrected chi connectivity index (χ2v) is 9.55. The average Bonchev–Trinajstić information content (AvgIpc) is 3.25. The van der Waals surface area contributed by atoms with Gasteiger partial charge in [0.05, 0.1) is 12.0 Å². The van der Waals surface area contributed by atoms with E-state index in [2.05, 4.69) is 30.9 Å². The van der Waals surface area contributed by atoms with Crippen molar-refractivity contribution in [2.45, 2.75) is 58.2 Å². The largest absolute Gasteiger partial charge is 0.478 e. The molecule has 0 aromatic carbocycles. The van der Waals surface area contributed by atoms with Crippen LogP contribution in [-0.2, 0) is 0 Å². The van der Waals surface area contributed by atoms with E-state index in [0.717, 1.165) is 6.42 Å². The number of pyridine rings is 1. The lowest BCUT2D eigenvalue weighted by atomic mass is 9.97. The minimum Gasteiger partial charge on any atom is -0.478 e. The Balaban J connectivity index is 1.52. The smallest absolute Gasteiger partial charge is 0.394 e. The third-order valence-corrected chi connectivity index (χ3v) is 6.50. The van der Waals surface area contributed by atoms with E-state index < -0.39 is 17.6 Å². The molecule has 1 N–H and O–H groups in total. The molecular weight excluding hydrogens is 425 g/mol. The molecule has 0 amide bonds. The van der Waals surface area contributed by atoms with E-state index in [-0.39, 0.29) is 42.9 Å². The highest BCUT2D eigenvalue weighted by molar-refractivity contribution is 5.93. The van der Waals surface area contributed by atoms with E-state index >= 15 is 0 Å². The maximum atomic E-state index is 13.1. The molecule has 1 atom stereocenters. The zero-order chi connectivity index (χ0) is 23.3. The van der Waals surface area contributed by atoms with Crippen molar-refractivity contribution in [2.75, 3.05) is 18.1 Å². The summed E-state index contributed by atoms with van der Waals surface area (Å²) >= 11 is 0. The summed E-state index contributed by atoms with van der Waals surface area (Å²) in [6, 6.07) is 4.61. The molecule has 1 aliphatic carbocycles. The number of aromatic nitrogens is 3. The molecule has 1 saturated heterocycles. The molecule has 4 rings (SSSR count). The molecule has 7 nitrogen and oxygen atoms in total. The summed E-state index contributed by atoms with van der Waals surface area (Å²) in [5.41, 5.74) is -1.75. The Labute approximate surface area is 184 Å². The van der Waals surface area contributed by atoms with Crippen molar-refractivity contribution >= 4 is 11.8 Å². The van der Waals surface area contributed by atoms with Crippen LogP contribution in [0.5, 0.6) is 5.88 Å². The third-order valence-electron chi connectivity index (χ3n) is 6.50. The fourth-order valence-electron chi connectivity index (χ4n) is 4.59. The quantitative estimate of drug-likeness (QED) is 0.656. The number of nitrogens with zero attached hydrogens (tertiary/aromatic N) is 4. The Morgan fingerprint density at radius 1 is 1.28 bits per heavy atom. The summed E-state index contributed by atoms with van der Waals surface area (Å²) in [7, 11) is 0. The van der Waals surface area contributed by atoms with Crippen LogP contribution >= 0.6 is 0 Å². The number of alkyl halides is 3. The number of hydrogen-bond donors (Lipinski definition) is 1. The minimum atomic E-state index is -4.21. The molecule has 2 fully saturated rings. The van der Waals surface area contributed by atoms with Crippen LogP contribution in [0, 0.1) is 11.3 Å². The second-order valence-electron chi connectivity index (χ2n) is 9.55. The molecule has 0 bridgehead atoms. The van der Waals surface area contributed by atoms with Crippen LogP contribution in [0.1, 0.15) is 56.8 Å². The molecule has 32 heavy (non-hydrogen) atoms. The number of carbonyl (C=O) groups is 1. The number of carboxylic acid groups (broad SMARTS) is 1. The Morgan fingerprint density at radius 2 is 2.00 bits per heavy atom. The first-order valence-electron chi connectivity index (χ1n) is 10.7. The molecule has 1 saturated carbocycles. The maximum Gasteiger partial charge on any atom is 0.394 e. The number of anilines is 1. The highest BCUT2D eigenvalue weighted by Gasteiger charge is 2.62. The van der Waals surface area contributed by atoms with Crippen LogP contribution in [0.4, 0.5) is 19.0 Å². The molecule has 0 unspecified atom stereocenters.